The number of non-ortho nitro benzene ring substituents is 1. The highest BCUT2D eigenvalue weighted by molar-refractivity contribution is 5.69. The van der Waals surface area contributed by atoms with E-state index in [1.54, 1.807) is 0 Å². The van der Waals surface area contributed by atoms with Crippen molar-refractivity contribution in [2.24, 2.45) is 0 Å². The number of rotatable bonds is 16. The van der Waals surface area contributed by atoms with Crippen LogP contribution in [-0.4, -0.2) is 55.4 Å². The normalized spacial score (nSPS) is 10.5. The van der Waals surface area contributed by atoms with Crippen LogP contribution in [0.4, 0.5) is 17.1 Å². The van der Waals surface area contributed by atoms with Gasteiger partial charge in [0.15, 0.2) is 0 Å². The molecule has 0 saturated heterocycles. The van der Waals surface area contributed by atoms with Crippen molar-refractivity contribution in [1.29, 1.82) is 0 Å². The van der Waals surface area contributed by atoms with Crippen molar-refractivity contribution in [2.45, 2.75) is 32.6 Å². The lowest BCUT2D eigenvalue weighted by molar-refractivity contribution is -0.393. The van der Waals surface area contributed by atoms with E-state index in [1.165, 1.54) is 12.1 Å². The number of nitro benzene ring substituents is 2. The molecule has 0 atom stereocenters. The van der Waals surface area contributed by atoms with Crippen LogP contribution in [0.25, 0.3) is 0 Å². The first-order chi connectivity index (χ1) is 14.0. The maximum atomic E-state index is 11.4. The van der Waals surface area contributed by atoms with Crippen LogP contribution in [0.3, 0.4) is 0 Å². The highest BCUT2D eigenvalue weighted by atomic mass is 16.6. The number of carbonyl (C=O) groups is 1. The fourth-order valence-electron chi connectivity index (χ4n) is 2.32. The van der Waals surface area contributed by atoms with Gasteiger partial charge in [-0.15, -0.1) is 0 Å². The van der Waals surface area contributed by atoms with Crippen LogP contribution in [0, 0.1) is 20.2 Å². The average Bonchev–Trinajstić information content (AvgIpc) is 2.69. The SMILES string of the molecule is CCCCCC(=O)OCCOCCOCCNc1ccc([N+](=O)[O-])cc1[N+](=O)[O-]. The number of nitro groups is 2. The summed E-state index contributed by atoms with van der Waals surface area (Å²) in [4.78, 5) is 31.7. The summed E-state index contributed by atoms with van der Waals surface area (Å²) in [5.74, 6) is -0.218. The van der Waals surface area contributed by atoms with Crippen molar-refractivity contribution < 1.29 is 28.9 Å². The molecule has 0 radical (unpaired) electrons. The molecule has 0 amide bonds. The Morgan fingerprint density at radius 3 is 2.34 bits per heavy atom. The quantitative estimate of drug-likeness (QED) is 0.187. The highest BCUT2D eigenvalue weighted by Gasteiger charge is 2.18. The van der Waals surface area contributed by atoms with Gasteiger partial charge in [0, 0.05) is 19.0 Å². The lowest BCUT2D eigenvalue weighted by Gasteiger charge is -2.09. The lowest BCUT2D eigenvalue weighted by atomic mass is 10.2. The monoisotopic (exact) mass is 413 g/mol. The maximum Gasteiger partial charge on any atom is 0.305 e. The number of benzene rings is 1. The number of unbranched alkanes of at least 4 members (excludes halogenated alkanes) is 2. The van der Waals surface area contributed by atoms with Gasteiger partial charge >= 0.3 is 5.97 Å². The van der Waals surface area contributed by atoms with Crippen molar-refractivity contribution in [3.8, 4) is 0 Å². The molecule has 0 saturated carbocycles. The topological polar surface area (TPSA) is 143 Å². The van der Waals surface area contributed by atoms with E-state index in [2.05, 4.69) is 12.2 Å². The van der Waals surface area contributed by atoms with E-state index in [0.717, 1.165) is 25.3 Å². The van der Waals surface area contributed by atoms with E-state index >= 15 is 0 Å². The minimum atomic E-state index is -0.687. The second-order valence-corrected chi connectivity index (χ2v) is 6.04. The smallest absolute Gasteiger partial charge is 0.305 e. The summed E-state index contributed by atoms with van der Waals surface area (Å²) in [7, 11) is 0. The Labute approximate surface area is 168 Å². The average molecular weight is 413 g/mol. The standard InChI is InChI=1S/C18H27N3O8/c1-2-3-4-5-18(22)29-13-12-28-11-10-27-9-8-19-16-7-6-15(20(23)24)14-17(16)21(25)26/h6-7,14,19H,2-5,8-13H2,1H3. The van der Waals surface area contributed by atoms with Crippen molar-refractivity contribution in [3.63, 3.8) is 0 Å². The molecule has 1 aromatic carbocycles. The third kappa shape index (κ3) is 10.4. The van der Waals surface area contributed by atoms with Crippen molar-refractivity contribution in [2.75, 3.05) is 44.9 Å². The molecule has 0 bridgehead atoms. The van der Waals surface area contributed by atoms with E-state index in [4.69, 9.17) is 14.2 Å². The zero-order chi connectivity index (χ0) is 21.5. The molecule has 0 fully saturated rings. The van der Waals surface area contributed by atoms with E-state index in [9.17, 15) is 25.0 Å². The van der Waals surface area contributed by atoms with E-state index in [-0.39, 0.29) is 49.4 Å². The zero-order valence-corrected chi connectivity index (χ0v) is 16.5. The summed E-state index contributed by atoms with van der Waals surface area (Å²) >= 11 is 0. The molecule has 0 spiro atoms. The molecule has 162 valence electrons. The number of nitrogens with zero attached hydrogens (tertiary/aromatic N) is 2. The fraction of sp³-hybridized carbons (Fsp3) is 0.611. The molecule has 0 aromatic heterocycles. The predicted molar refractivity (Wildman–Crippen MR) is 105 cm³/mol. The highest BCUT2D eigenvalue weighted by Crippen LogP contribution is 2.28. The summed E-state index contributed by atoms with van der Waals surface area (Å²) in [5, 5.41) is 24.6. The zero-order valence-electron chi connectivity index (χ0n) is 16.5. The molecule has 0 aliphatic rings. The molecule has 1 aromatic rings. The van der Waals surface area contributed by atoms with Crippen molar-refractivity contribution in [3.05, 3.63) is 38.4 Å². The van der Waals surface area contributed by atoms with Crippen LogP contribution >= 0.6 is 0 Å². The van der Waals surface area contributed by atoms with Gasteiger partial charge in [0.2, 0.25) is 0 Å². The summed E-state index contributed by atoms with van der Waals surface area (Å²) in [6, 6.07) is 3.40. The third-order valence-electron chi connectivity index (χ3n) is 3.80. The molecule has 29 heavy (non-hydrogen) atoms. The first-order valence-corrected chi connectivity index (χ1v) is 9.43. The molecule has 0 aliphatic heterocycles. The van der Waals surface area contributed by atoms with Gasteiger partial charge in [-0.3, -0.25) is 25.0 Å². The molecular formula is C18H27N3O8. The number of hydrogen-bond donors (Lipinski definition) is 1. The molecule has 11 nitrogen and oxygen atoms in total. The van der Waals surface area contributed by atoms with Crippen LogP contribution in [-0.2, 0) is 19.0 Å². The Hall–Kier alpha value is -2.79. The lowest BCUT2D eigenvalue weighted by Crippen LogP contribution is -2.15. The molecule has 0 aliphatic carbocycles. The number of nitrogens with one attached hydrogen (secondary N) is 1. The Morgan fingerprint density at radius 1 is 1.00 bits per heavy atom. The minimum Gasteiger partial charge on any atom is -0.463 e. The summed E-state index contributed by atoms with van der Waals surface area (Å²) in [6.45, 7) is 3.75. The van der Waals surface area contributed by atoms with Gasteiger partial charge in [0.05, 0.1) is 42.3 Å². The second kappa shape index (κ2) is 14.2. The van der Waals surface area contributed by atoms with E-state index in [0.29, 0.717) is 19.6 Å². The van der Waals surface area contributed by atoms with Gasteiger partial charge in [0.1, 0.15) is 12.3 Å². The molecule has 0 heterocycles. The minimum absolute atomic E-state index is 0.182. The molecular weight excluding hydrogens is 386 g/mol. The second-order valence-electron chi connectivity index (χ2n) is 6.04. The Kier molecular flexibility index (Phi) is 11.9. The summed E-state index contributed by atoms with van der Waals surface area (Å²) in [5.41, 5.74) is -0.532. The molecule has 11 heteroatoms. The number of hydrogen-bond acceptors (Lipinski definition) is 9. The number of ether oxygens (including phenoxy) is 3. The largest absolute Gasteiger partial charge is 0.463 e. The predicted octanol–water partition coefficient (Wildman–Crippen LogP) is 3.07. The number of anilines is 1. The Balaban J connectivity index is 2.11. The summed E-state index contributed by atoms with van der Waals surface area (Å²) < 4.78 is 15.6. The maximum absolute atomic E-state index is 11.4. The van der Waals surface area contributed by atoms with E-state index in [1.807, 2.05) is 0 Å². The fourth-order valence-corrected chi connectivity index (χ4v) is 2.32. The first kappa shape index (κ1) is 24.2. The first-order valence-electron chi connectivity index (χ1n) is 9.43. The Morgan fingerprint density at radius 2 is 1.69 bits per heavy atom. The van der Waals surface area contributed by atoms with Gasteiger partial charge in [-0.2, -0.15) is 0 Å². The van der Waals surface area contributed by atoms with Crippen LogP contribution in [0.2, 0.25) is 0 Å². The van der Waals surface area contributed by atoms with Crippen molar-refractivity contribution >= 4 is 23.0 Å². The number of esters is 1. The van der Waals surface area contributed by atoms with Crippen LogP contribution in [0.5, 0.6) is 0 Å². The van der Waals surface area contributed by atoms with Crippen molar-refractivity contribution in [1.82, 2.24) is 0 Å². The molecule has 1 rings (SSSR count). The van der Waals surface area contributed by atoms with Gasteiger partial charge in [-0.1, -0.05) is 19.8 Å². The summed E-state index contributed by atoms with van der Waals surface area (Å²) in [6.07, 6.45) is 3.32. The van der Waals surface area contributed by atoms with Gasteiger partial charge < -0.3 is 19.5 Å². The Bertz CT molecular complexity index is 669. The van der Waals surface area contributed by atoms with Gasteiger partial charge in [0.25, 0.3) is 11.4 Å². The molecule has 1 N–H and O–H groups in total. The molecule has 0 unspecified atom stereocenters. The van der Waals surface area contributed by atoms with Gasteiger partial charge in [-0.05, 0) is 12.5 Å². The van der Waals surface area contributed by atoms with Crippen LogP contribution in [0.15, 0.2) is 18.2 Å². The van der Waals surface area contributed by atoms with Crippen LogP contribution < -0.4 is 5.32 Å². The van der Waals surface area contributed by atoms with E-state index < -0.39 is 9.85 Å². The van der Waals surface area contributed by atoms with Crippen LogP contribution in [0.1, 0.15) is 32.6 Å². The number of carbonyl (C=O) groups excluding carboxylic acids is 1. The van der Waals surface area contributed by atoms with Gasteiger partial charge in [-0.25, -0.2) is 0 Å². The third-order valence-corrected chi connectivity index (χ3v) is 3.80.